The third-order valence-corrected chi connectivity index (χ3v) is 2.88. The Kier molecular flexibility index (Phi) is 3.34. The van der Waals surface area contributed by atoms with E-state index >= 15 is 0 Å². The van der Waals surface area contributed by atoms with E-state index in [-0.39, 0.29) is 11.7 Å². The van der Waals surface area contributed by atoms with Gasteiger partial charge in [0.05, 0.1) is 0 Å². The first-order chi connectivity index (χ1) is 7.77. The molecule has 1 aliphatic rings. The van der Waals surface area contributed by atoms with Crippen LogP contribution in [0.15, 0.2) is 30.3 Å². The van der Waals surface area contributed by atoms with Crippen LogP contribution in [0, 0.1) is 5.92 Å². The Morgan fingerprint density at radius 3 is 2.31 bits per heavy atom. The molecule has 0 aliphatic heterocycles. The average molecular weight is 218 g/mol. The summed E-state index contributed by atoms with van der Waals surface area (Å²) >= 11 is 0. The fourth-order valence-corrected chi connectivity index (χ4v) is 2.00. The van der Waals surface area contributed by atoms with E-state index in [2.05, 4.69) is 0 Å². The van der Waals surface area contributed by atoms with Crippen molar-refractivity contribution in [2.24, 2.45) is 5.92 Å². The first kappa shape index (κ1) is 10.9. The number of hydrogen-bond acceptors (Lipinski definition) is 3. The van der Waals surface area contributed by atoms with Crippen LogP contribution in [-0.4, -0.2) is 11.8 Å². The lowest BCUT2D eigenvalue weighted by atomic mass is 10.0. The maximum atomic E-state index is 11.7. The number of benzene rings is 1. The highest BCUT2D eigenvalue weighted by Gasteiger charge is 2.29. The van der Waals surface area contributed by atoms with E-state index in [0.29, 0.717) is 5.75 Å². The van der Waals surface area contributed by atoms with E-state index in [9.17, 15) is 9.59 Å². The molecule has 0 bridgehead atoms. The van der Waals surface area contributed by atoms with Gasteiger partial charge in [0.2, 0.25) is 5.78 Å². The van der Waals surface area contributed by atoms with E-state index in [0.717, 1.165) is 25.7 Å². The lowest BCUT2D eigenvalue weighted by molar-refractivity contribution is -0.149. The Morgan fingerprint density at radius 1 is 1.06 bits per heavy atom. The van der Waals surface area contributed by atoms with Crippen molar-refractivity contribution in [1.82, 2.24) is 0 Å². The van der Waals surface area contributed by atoms with Gasteiger partial charge in [-0.2, -0.15) is 0 Å². The summed E-state index contributed by atoms with van der Waals surface area (Å²) in [7, 11) is 0. The average Bonchev–Trinajstić information content (AvgIpc) is 2.83. The van der Waals surface area contributed by atoms with E-state index in [4.69, 9.17) is 4.74 Å². The summed E-state index contributed by atoms with van der Waals surface area (Å²) in [5, 5.41) is 0. The molecule has 3 heteroatoms. The predicted octanol–water partition coefficient (Wildman–Crippen LogP) is 2.35. The molecule has 84 valence electrons. The van der Waals surface area contributed by atoms with Gasteiger partial charge in [-0.25, -0.2) is 4.79 Å². The van der Waals surface area contributed by atoms with Crippen molar-refractivity contribution in [3.63, 3.8) is 0 Å². The Morgan fingerprint density at radius 2 is 1.69 bits per heavy atom. The number of ketones is 1. The molecular weight excluding hydrogens is 204 g/mol. The quantitative estimate of drug-likeness (QED) is 0.444. The minimum absolute atomic E-state index is 0.115. The predicted molar refractivity (Wildman–Crippen MR) is 59.0 cm³/mol. The third-order valence-electron chi connectivity index (χ3n) is 2.88. The highest BCUT2D eigenvalue weighted by molar-refractivity contribution is 6.35. The van der Waals surface area contributed by atoms with Crippen molar-refractivity contribution >= 4 is 11.8 Å². The van der Waals surface area contributed by atoms with Crippen LogP contribution < -0.4 is 4.74 Å². The standard InChI is InChI=1S/C13H14O3/c14-12(10-6-4-5-7-10)13(15)16-11-8-2-1-3-9-11/h1-3,8-10H,4-7H2. The summed E-state index contributed by atoms with van der Waals surface area (Å²) < 4.78 is 5.00. The summed E-state index contributed by atoms with van der Waals surface area (Å²) in [6.45, 7) is 0. The molecule has 0 radical (unpaired) electrons. The number of para-hydroxylation sites is 1. The molecule has 0 N–H and O–H groups in total. The Hall–Kier alpha value is -1.64. The van der Waals surface area contributed by atoms with Crippen LogP contribution in [0.1, 0.15) is 25.7 Å². The molecule has 0 unspecified atom stereocenters. The van der Waals surface area contributed by atoms with Crippen LogP contribution in [0.3, 0.4) is 0 Å². The zero-order valence-corrected chi connectivity index (χ0v) is 9.02. The summed E-state index contributed by atoms with van der Waals surface area (Å²) in [4.78, 5) is 23.2. The molecular formula is C13H14O3. The molecule has 1 saturated carbocycles. The number of hydrogen-bond donors (Lipinski definition) is 0. The first-order valence-electron chi connectivity index (χ1n) is 5.58. The van der Waals surface area contributed by atoms with Crippen LogP contribution in [-0.2, 0) is 9.59 Å². The third kappa shape index (κ3) is 2.48. The van der Waals surface area contributed by atoms with Crippen molar-refractivity contribution < 1.29 is 14.3 Å². The monoisotopic (exact) mass is 218 g/mol. The number of rotatable bonds is 3. The molecule has 3 nitrogen and oxygen atoms in total. The molecule has 0 spiro atoms. The van der Waals surface area contributed by atoms with Crippen molar-refractivity contribution in [1.29, 1.82) is 0 Å². The molecule has 0 heterocycles. The van der Waals surface area contributed by atoms with E-state index in [1.807, 2.05) is 6.07 Å². The normalized spacial score (nSPS) is 16.0. The van der Waals surface area contributed by atoms with Gasteiger partial charge < -0.3 is 4.74 Å². The SMILES string of the molecule is O=C(Oc1ccccc1)C(=O)C1CCCC1. The zero-order valence-electron chi connectivity index (χ0n) is 9.02. The maximum Gasteiger partial charge on any atom is 0.380 e. The number of carbonyl (C=O) groups excluding carboxylic acids is 2. The first-order valence-corrected chi connectivity index (χ1v) is 5.58. The van der Waals surface area contributed by atoms with Crippen molar-refractivity contribution in [2.45, 2.75) is 25.7 Å². The molecule has 0 atom stereocenters. The van der Waals surface area contributed by atoms with Gasteiger partial charge in [-0.3, -0.25) is 4.79 Å². The second kappa shape index (κ2) is 4.92. The summed E-state index contributed by atoms with van der Waals surface area (Å²) in [6, 6.07) is 8.70. The fourth-order valence-electron chi connectivity index (χ4n) is 2.00. The molecule has 2 rings (SSSR count). The second-order valence-corrected chi connectivity index (χ2v) is 4.05. The van der Waals surface area contributed by atoms with Crippen LogP contribution in [0.4, 0.5) is 0 Å². The van der Waals surface area contributed by atoms with Gasteiger partial charge in [0.25, 0.3) is 0 Å². The van der Waals surface area contributed by atoms with E-state index < -0.39 is 5.97 Å². The minimum atomic E-state index is -0.724. The molecule has 16 heavy (non-hydrogen) atoms. The molecule has 1 aromatic rings. The van der Waals surface area contributed by atoms with Crippen molar-refractivity contribution in [3.05, 3.63) is 30.3 Å². The van der Waals surface area contributed by atoms with Gasteiger partial charge >= 0.3 is 5.97 Å². The molecule has 1 aliphatic carbocycles. The largest absolute Gasteiger partial charge is 0.421 e. The summed E-state index contributed by atoms with van der Waals surface area (Å²) in [6.07, 6.45) is 3.72. The molecule has 1 aromatic carbocycles. The number of carbonyl (C=O) groups is 2. The second-order valence-electron chi connectivity index (χ2n) is 4.05. The number of esters is 1. The molecule has 0 saturated heterocycles. The van der Waals surface area contributed by atoms with Crippen LogP contribution >= 0.6 is 0 Å². The van der Waals surface area contributed by atoms with Crippen molar-refractivity contribution in [2.75, 3.05) is 0 Å². The number of ether oxygens (including phenoxy) is 1. The van der Waals surface area contributed by atoms with E-state index in [1.54, 1.807) is 24.3 Å². The van der Waals surface area contributed by atoms with Gasteiger partial charge in [-0.05, 0) is 25.0 Å². The topological polar surface area (TPSA) is 43.4 Å². The molecule has 1 fully saturated rings. The summed E-state index contributed by atoms with van der Waals surface area (Å²) in [5.41, 5.74) is 0. The van der Waals surface area contributed by atoms with E-state index in [1.165, 1.54) is 0 Å². The zero-order chi connectivity index (χ0) is 11.4. The number of Topliss-reactive ketones (excluding diaryl/α,β-unsaturated/α-hetero) is 1. The fraction of sp³-hybridized carbons (Fsp3) is 0.385. The van der Waals surface area contributed by atoms with Gasteiger partial charge in [-0.15, -0.1) is 0 Å². The van der Waals surface area contributed by atoms with Crippen LogP contribution in [0.2, 0.25) is 0 Å². The Labute approximate surface area is 94.4 Å². The lowest BCUT2D eigenvalue weighted by Gasteiger charge is -2.07. The van der Waals surface area contributed by atoms with Gasteiger partial charge in [0.1, 0.15) is 5.75 Å². The smallest absolute Gasteiger partial charge is 0.380 e. The van der Waals surface area contributed by atoms with Gasteiger partial charge in [0, 0.05) is 5.92 Å². The minimum Gasteiger partial charge on any atom is -0.421 e. The maximum absolute atomic E-state index is 11.7. The van der Waals surface area contributed by atoms with Crippen LogP contribution in [0.25, 0.3) is 0 Å². The molecule has 0 aromatic heterocycles. The Balaban J connectivity index is 1.95. The highest BCUT2D eigenvalue weighted by atomic mass is 16.5. The van der Waals surface area contributed by atoms with Crippen molar-refractivity contribution in [3.8, 4) is 5.75 Å². The lowest BCUT2D eigenvalue weighted by Crippen LogP contribution is -2.26. The summed E-state index contributed by atoms with van der Waals surface area (Å²) in [5.74, 6) is -0.783. The Bertz CT molecular complexity index is 377. The van der Waals surface area contributed by atoms with Gasteiger partial charge in [0.15, 0.2) is 0 Å². The van der Waals surface area contributed by atoms with Gasteiger partial charge in [-0.1, -0.05) is 31.0 Å². The highest BCUT2D eigenvalue weighted by Crippen LogP contribution is 2.26. The van der Waals surface area contributed by atoms with Crippen LogP contribution in [0.5, 0.6) is 5.75 Å². The molecule has 0 amide bonds.